The number of nitrogens with zero attached hydrogens (tertiary/aromatic N) is 2. The van der Waals surface area contributed by atoms with Crippen LogP contribution in [0.2, 0.25) is 0 Å². The molecule has 162 valence electrons. The van der Waals surface area contributed by atoms with Gasteiger partial charge in [0.2, 0.25) is 5.56 Å². The monoisotopic (exact) mass is 412 g/mol. The van der Waals surface area contributed by atoms with Crippen molar-refractivity contribution < 1.29 is 9.47 Å². The molecular formula is C23H32N4O3. The Morgan fingerprint density at radius 2 is 2.17 bits per heavy atom. The van der Waals surface area contributed by atoms with Crippen LogP contribution in [0.15, 0.2) is 52.4 Å². The van der Waals surface area contributed by atoms with E-state index in [2.05, 4.69) is 40.7 Å². The molecule has 1 aromatic carbocycles. The molecule has 0 bridgehead atoms. The van der Waals surface area contributed by atoms with Crippen LogP contribution in [0.25, 0.3) is 0 Å². The fourth-order valence-corrected chi connectivity index (χ4v) is 3.36. The summed E-state index contributed by atoms with van der Waals surface area (Å²) in [4.78, 5) is 16.0. The highest BCUT2D eigenvalue weighted by atomic mass is 16.5. The molecule has 2 aromatic rings. The van der Waals surface area contributed by atoms with Crippen LogP contribution < -0.4 is 20.9 Å². The first-order valence-corrected chi connectivity index (χ1v) is 10.6. The predicted octanol–water partition coefficient (Wildman–Crippen LogP) is 2.47. The lowest BCUT2D eigenvalue weighted by molar-refractivity contribution is 0.140. The molecule has 1 atom stereocenters. The maximum atomic E-state index is 11.7. The topological polar surface area (TPSA) is 76.9 Å². The number of ether oxygens (including phenoxy) is 2. The predicted molar refractivity (Wildman–Crippen MR) is 119 cm³/mol. The molecular weight excluding hydrogens is 380 g/mol. The van der Waals surface area contributed by atoms with Gasteiger partial charge in [-0.15, -0.1) is 0 Å². The van der Waals surface area contributed by atoms with Gasteiger partial charge in [0.15, 0.2) is 5.96 Å². The molecule has 1 aliphatic rings. The van der Waals surface area contributed by atoms with Gasteiger partial charge in [-0.2, -0.15) is 0 Å². The molecule has 0 aliphatic carbocycles. The molecule has 7 heteroatoms. The van der Waals surface area contributed by atoms with Gasteiger partial charge in [-0.3, -0.25) is 9.79 Å². The van der Waals surface area contributed by atoms with Gasteiger partial charge in [0.1, 0.15) is 11.9 Å². The van der Waals surface area contributed by atoms with E-state index in [4.69, 9.17) is 9.47 Å². The van der Waals surface area contributed by atoms with Gasteiger partial charge in [0.25, 0.3) is 0 Å². The van der Waals surface area contributed by atoms with E-state index in [0.717, 1.165) is 56.2 Å². The van der Waals surface area contributed by atoms with E-state index in [-0.39, 0.29) is 11.7 Å². The van der Waals surface area contributed by atoms with Crippen molar-refractivity contribution in [2.75, 3.05) is 26.8 Å². The minimum atomic E-state index is 0.0447. The van der Waals surface area contributed by atoms with E-state index in [1.807, 2.05) is 12.3 Å². The highest BCUT2D eigenvalue weighted by molar-refractivity contribution is 5.79. The van der Waals surface area contributed by atoms with Gasteiger partial charge in [-0.05, 0) is 37.5 Å². The summed E-state index contributed by atoms with van der Waals surface area (Å²) in [7, 11) is 1.77. The second-order valence-electron chi connectivity index (χ2n) is 7.51. The van der Waals surface area contributed by atoms with Gasteiger partial charge < -0.3 is 24.7 Å². The first-order valence-electron chi connectivity index (χ1n) is 10.6. The fourth-order valence-electron chi connectivity index (χ4n) is 3.36. The Balaban J connectivity index is 1.43. The average Bonchev–Trinajstić information content (AvgIpc) is 3.25. The number of guanidine groups is 1. The molecule has 1 saturated heterocycles. The number of aliphatic imine (C=N–C) groups is 1. The molecule has 30 heavy (non-hydrogen) atoms. The molecule has 1 aliphatic heterocycles. The van der Waals surface area contributed by atoms with Gasteiger partial charge in [-0.1, -0.05) is 18.2 Å². The molecule has 7 nitrogen and oxygen atoms in total. The van der Waals surface area contributed by atoms with Crippen LogP contribution in [0.3, 0.4) is 0 Å². The summed E-state index contributed by atoms with van der Waals surface area (Å²) in [6, 6.07) is 11.5. The molecule has 1 unspecified atom stereocenters. The second kappa shape index (κ2) is 11.4. The molecule has 3 rings (SSSR count). The standard InChI is InChI=1S/C23H32N4O3/c1-18-8-9-19(21(15-18)30-20-10-14-29-17-20)16-26-23(24-2)25-11-4-6-13-27-12-5-3-7-22(27)28/h3,5,7-9,12,15,20H,4,6,10-11,13-14,16-17H2,1-2H3,(H2,24,25,26). The molecule has 2 heterocycles. The van der Waals surface area contributed by atoms with Crippen LogP contribution >= 0.6 is 0 Å². The summed E-state index contributed by atoms with van der Waals surface area (Å²) < 4.78 is 13.3. The van der Waals surface area contributed by atoms with Crippen molar-refractivity contribution in [3.8, 4) is 5.75 Å². The summed E-state index contributed by atoms with van der Waals surface area (Å²) in [5, 5.41) is 6.70. The molecule has 1 aromatic heterocycles. The lowest BCUT2D eigenvalue weighted by Gasteiger charge is -2.18. The number of aryl methyl sites for hydroxylation is 2. The van der Waals surface area contributed by atoms with Crippen LogP contribution in [0, 0.1) is 6.92 Å². The van der Waals surface area contributed by atoms with E-state index in [1.54, 1.807) is 23.7 Å². The van der Waals surface area contributed by atoms with Crippen LogP contribution in [-0.4, -0.2) is 43.4 Å². The Labute approximate surface area is 178 Å². The van der Waals surface area contributed by atoms with Crippen LogP contribution in [0.4, 0.5) is 0 Å². The second-order valence-corrected chi connectivity index (χ2v) is 7.51. The Kier molecular flexibility index (Phi) is 8.32. The lowest BCUT2D eigenvalue weighted by atomic mass is 10.1. The zero-order chi connectivity index (χ0) is 21.2. The van der Waals surface area contributed by atoms with Crippen LogP contribution in [-0.2, 0) is 17.8 Å². The Morgan fingerprint density at radius 3 is 2.93 bits per heavy atom. The van der Waals surface area contributed by atoms with E-state index in [1.165, 1.54) is 5.56 Å². The number of rotatable bonds is 9. The summed E-state index contributed by atoms with van der Waals surface area (Å²) in [5.41, 5.74) is 2.31. The zero-order valence-corrected chi connectivity index (χ0v) is 17.9. The SMILES string of the molecule is CN=C(NCCCCn1ccccc1=O)NCc1ccc(C)cc1OC1CCOC1. The van der Waals surface area contributed by atoms with Crippen molar-refractivity contribution in [2.45, 2.75) is 45.4 Å². The number of hydrogen-bond donors (Lipinski definition) is 2. The van der Waals surface area contributed by atoms with Gasteiger partial charge >= 0.3 is 0 Å². The average molecular weight is 413 g/mol. The van der Waals surface area contributed by atoms with E-state index in [0.29, 0.717) is 13.2 Å². The molecule has 0 amide bonds. The molecule has 0 radical (unpaired) electrons. The normalized spacial score (nSPS) is 16.5. The Hall–Kier alpha value is -2.80. The van der Waals surface area contributed by atoms with E-state index >= 15 is 0 Å². The Bertz CT molecular complexity index is 888. The smallest absolute Gasteiger partial charge is 0.250 e. The quantitative estimate of drug-likeness (QED) is 0.376. The van der Waals surface area contributed by atoms with Crippen molar-refractivity contribution in [1.82, 2.24) is 15.2 Å². The van der Waals surface area contributed by atoms with Crippen LogP contribution in [0.1, 0.15) is 30.4 Å². The largest absolute Gasteiger partial charge is 0.488 e. The number of pyridine rings is 1. The Morgan fingerprint density at radius 1 is 1.27 bits per heavy atom. The third kappa shape index (κ3) is 6.62. The summed E-state index contributed by atoms with van der Waals surface area (Å²) in [6.45, 7) is 5.63. The summed E-state index contributed by atoms with van der Waals surface area (Å²) in [5.74, 6) is 1.66. The number of benzene rings is 1. The van der Waals surface area contributed by atoms with E-state index in [9.17, 15) is 4.79 Å². The van der Waals surface area contributed by atoms with Crippen LogP contribution in [0.5, 0.6) is 5.75 Å². The summed E-state index contributed by atoms with van der Waals surface area (Å²) in [6.07, 6.45) is 4.75. The first-order chi connectivity index (χ1) is 14.7. The molecule has 1 fully saturated rings. The third-order valence-corrected chi connectivity index (χ3v) is 5.09. The number of nitrogens with one attached hydrogen (secondary N) is 2. The van der Waals surface area contributed by atoms with Crippen molar-refractivity contribution in [2.24, 2.45) is 4.99 Å². The lowest BCUT2D eigenvalue weighted by Crippen LogP contribution is -2.37. The molecule has 0 saturated carbocycles. The highest BCUT2D eigenvalue weighted by Gasteiger charge is 2.18. The van der Waals surface area contributed by atoms with Crippen molar-refractivity contribution in [1.29, 1.82) is 0 Å². The van der Waals surface area contributed by atoms with Crippen molar-refractivity contribution >= 4 is 5.96 Å². The first kappa shape index (κ1) is 21.9. The van der Waals surface area contributed by atoms with Gasteiger partial charge in [-0.25, -0.2) is 0 Å². The number of aromatic nitrogens is 1. The maximum absolute atomic E-state index is 11.7. The van der Waals surface area contributed by atoms with Gasteiger partial charge in [0.05, 0.1) is 13.2 Å². The number of unbranched alkanes of at least 4 members (excludes halogenated alkanes) is 1. The number of hydrogen-bond acceptors (Lipinski definition) is 4. The van der Waals surface area contributed by atoms with Gasteiger partial charge in [0, 0.05) is 50.9 Å². The summed E-state index contributed by atoms with van der Waals surface area (Å²) >= 11 is 0. The maximum Gasteiger partial charge on any atom is 0.250 e. The fraction of sp³-hybridized carbons (Fsp3) is 0.478. The van der Waals surface area contributed by atoms with Crippen molar-refractivity contribution in [3.05, 3.63) is 64.1 Å². The van der Waals surface area contributed by atoms with E-state index < -0.39 is 0 Å². The van der Waals surface area contributed by atoms with Crippen molar-refractivity contribution in [3.63, 3.8) is 0 Å². The molecule has 0 spiro atoms. The third-order valence-electron chi connectivity index (χ3n) is 5.09. The zero-order valence-electron chi connectivity index (χ0n) is 17.9. The minimum absolute atomic E-state index is 0.0447. The minimum Gasteiger partial charge on any atom is -0.488 e. The molecule has 2 N–H and O–H groups in total. The highest BCUT2D eigenvalue weighted by Crippen LogP contribution is 2.23.